The number of aliphatic hydroxyl groups excluding tert-OH is 1. The highest BCUT2D eigenvalue weighted by Gasteiger charge is 2.75. The lowest BCUT2D eigenvalue weighted by atomic mass is 9.46. The SMILES string of the molecule is CCC.CO[C@@]12[C@H](COC(N)=O)C3=C(C(=O)C(C)=C(N)C3=O)N1C[C@H]1[C@@H]2N1C.C[C@]12C=CC(=O)C=C1CC[C@@H]1[C@@H]2C(=O)C[C@@]2(C)[C@H]1CC[C@]2(O)C(=O)CO. The molecular weight excluding hydrogens is 696 g/mol. The first-order chi connectivity index (χ1) is 25.4. The number of amides is 1. The zero-order valence-corrected chi connectivity index (χ0v) is 32.3. The lowest BCUT2D eigenvalue weighted by Crippen LogP contribution is -2.60. The van der Waals surface area contributed by atoms with E-state index in [1.54, 1.807) is 19.1 Å². The molecule has 0 bridgehead atoms. The van der Waals surface area contributed by atoms with Gasteiger partial charge in [-0.25, -0.2) is 4.79 Å². The number of primary amides is 1. The molecule has 0 aromatic heterocycles. The van der Waals surface area contributed by atoms with Crippen molar-refractivity contribution in [3.05, 3.63) is 46.3 Å². The maximum atomic E-state index is 13.3. The van der Waals surface area contributed by atoms with E-state index in [-0.39, 0.29) is 77.1 Å². The van der Waals surface area contributed by atoms with Crippen molar-refractivity contribution < 1.29 is 48.5 Å². The van der Waals surface area contributed by atoms with Crippen LogP contribution in [0.15, 0.2) is 46.3 Å². The van der Waals surface area contributed by atoms with Crippen molar-refractivity contribution in [3.63, 3.8) is 0 Å². The summed E-state index contributed by atoms with van der Waals surface area (Å²) >= 11 is 0. The Kier molecular flexibility index (Phi) is 10.0. The molecule has 11 atom stereocenters. The fourth-order valence-corrected chi connectivity index (χ4v) is 11.4. The van der Waals surface area contributed by atoms with Crippen molar-refractivity contribution in [3.8, 4) is 0 Å². The van der Waals surface area contributed by atoms with E-state index in [0.29, 0.717) is 25.1 Å². The van der Waals surface area contributed by atoms with Gasteiger partial charge in [0.15, 0.2) is 17.3 Å². The van der Waals surface area contributed by atoms with E-state index in [1.807, 2.05) is 31.9 Å². The summed E-state index contributed by atoms with van der Waals surface area (Å²) in [7, 11) is 3.49. The third-order valence-corrected chi connectivity index (χ3v) is 14.0. The third-order valence-electron chi connectivity index (χ3n) is 14.0. The van der Waals surface area contributed by atoms with E-state index in [2.05, 4.69) is 18.7 Å². The van der Waals surface area contributed by atoms with Crippen LogP contribution in [0.2, 0.25) is 0 Å². The number of methoxy groups -OCH3 is 1. The molecule has 14 heteroatoms. The molecule has 1 unspecified atom stereocenters. The number of piperazine rings is 1. The Morgan fingerprint density at radius 1 is 1.09 bits per heavy atom. The minimum Gasteiger partial charge on any atom is -0.449 e. The first-order valence-corrected chi connectivity index (χ1v) is 19.0. The lowest BCUT2D eigenvalue weighted by molar-refractivity contribution is -0.168. The van der Waals surface area contributed by atoms with Crippen LogP contribution in [0.5, 0.6) is 0 Å². The van der Waals surface area contributed by atoms with E-state index in [0.717, 1.165) is 18.4 Å². The largest absolute Gasteiger partial charge is 0.449 e. The topological polar surface area (TPSA) is 220 Å². The van der Waals surface area contributed by atoms with E-state index < -0.39 is 52.3 Å². The summed E-state index contributed by atoms with van der Waals surface area (Å²) in [5, 5.41) is 20.5. The highest BCUT2D eigenvalue weighted by atomic mass is 16.6. The number of hydrogen-bond acceptors (Lipinski definition) is 13. The van der Waals surface area contributed by atoms with Crippen molar-refractivity contribution >= 4 is 35.0 Å². The van der Waals surface area contributed by atoms with E-state index in [4.69, 9.17) is 20.9 Å². The standard InChI is InChI=1S/C21H26O5.C16H20N4O5.C3H8/c1-19-7-5-13(23)9-12(19)3-4-14-15-6-8-21(26,17(25)11-22)20(15,2)10-16(24)18(14)19;1-6-10(17)13(22)9-7(5-25-15(18)23)16(24-3)14-8(19(14)2)4-20(16)11(9)12(6)21;1-3-2/h5,7,9,14-15,18,22,26H,3-4,6,8,10-11H2,1-2H3;7-8,14H,4-5,17H2,1-3H3,(H2,18,23);3H2,1-2H3/t14-,15-,18+,19-,20-,21-;7-,8+,14+,16-,19?;/m01./s1. The van der Waals surface area contributed by atoms with Crippen molar-refractivity contribution in [1.29, 1.82) is 0 Å². The Morgan fingerprint density at radius 2 is 1.76 bits per heavy atom. The van der Waals surface area contributed by atoms with Crippen LogP contribution in [-0.4, -0.2) is 112 Å². The summed E-state index contributed by atoms with van der Waals surface area (Å²) < 4.78 is 10.9. The minimum absolute atomic E-state index is 0.00768. The number of nitrogens with two attached hydrogens (primary N) is 2. The smallest absolute Gasteiger partial charge is 0.404 e. The molecule has 0 aromatic rings. The van der Waals surface area contributed by atoms with Gasteiger partial charge in [0.25, 0.3) is 0 Å². The number of rotatable bonds is 5. The van der Waals surface area contributed by atoms with Crippen LogP contribution in [0.4, 0.5) is 4.79 Å². The van der Waals surface area contributed by atoms with Crippen LogP contribution < -0.4 is 11.5 Å². The van der Waals surface area contributed by atoms with Crippen LogP contribution in [0, 0.1) is 34.5 Å². The minimum atomic E-state index is -1.62. The molecule has 1 amide bonds. The molecular formula is C40H54N4O10. The van der Waals surface area contributed by atoms with Gasteiger partial charge in [0.1, 0.15) is 24.6 Å². The zero-order chi connectivity index (χ0) is 39.9. The average molecular weight is 751 g/mol. The molecule has 3 saturated carbocycles. The Hall–Kier alpha value is -3.98. The molecule has 8 rings (SSSR count). The van der Waals surface area contributed by atoms with Gasteiger partial charge in [-0.05, 0) is 63.6 Å². The van der Waals surface area contributed by atoms with E-state index in [1.165, 1.54) is 13.5 Å². The monoisotopic (exact) mass is 750 g/mol. The molecule has 14 nitrogen and oxygen atoms in total. The third kappa shape index (κ3) is 5.34. The second kappa shape index (κ2) is 13.6. The van der Waals surface area contributed by atoms with Crippen LogP contribution in [-0.2, 0) is 33.4 Å². The summed E-state index contributed by atoms with van der Waals surface area (Å²) in [5.74, 6) is -1.91. The number of carbonyl (C=O) groups is 6. The lowest BCUT2D eigenvalue weighted by Gasteiger charge is -2.56. The van der Waals surface area contributed by atoms with Crippen LogP contribution in [0.1, 0.15) is 73.1 Å². The Balaban J connectivity index is 0.000000172. The number of hydrogen-bond donors (Lipinski definition) is 4. The molecule has 2 saturated heterocycles. The summed E-state index contributed by atoms with van der Waals surface area (Å²) in [6.07, 6.45) is 8.13. The fraction of sp³-hybridized carbons (Fsp3) is 0.650. The number of ketones is 5. The van der Waals surface area contributed by atoms with Crippen molar-refractivity contribution in [1.82, 2.24) is 9.80 Å². The number of carbonyl (C=O) groups excluding carboxylic acids is 6. The van der Waals surface area contributed by atoms with Gasteiger partial charge in [-0.2, -0.15) is 0 Å². The predicted octanol–water partition coefficient (Wildman–Crippen LogP) is 1.87. The number of likely N-dealkylation sites (N-methyl/N-ethyl adjacent to an activating group) is 1. The average Bonchev–Trinajstić information content (AvgIpc) is 3.37. The van der Waals surface area contributed by atoms with Crippen molar-refractivity contribution in [2.45, 2.75) is 96.6 Å². The van der Waals surface area contributed by atoms with Gasteiger partial charge in [-0.15, -0.1) is 0 Å². The highest BCUT2D eigenvalue weighted by Crippen LogP contribution is 2.66. The molecule has 0 spiro atoms. The van der Waals surface area contributed by atoms with Gasteiger partial charge < -0.3 is 36.1 Å². The fourth-order valence-electron chi connectivity index (χ4n) is 11.4. The van der Waals surface area contributed by atoms with Crippen molar-refractivity contribution in [2.24, 2.45) is 46.0 Å². The molecule has 8 aliphatic rings. The molecule has 54 heavy (non-hydrogen) atoms. The normalized spacial score (nSPS) is 40.9. The molecule has 0 aromatic carbocycles. The maximum absolute atomic E-state index is 13.3. The quantitative estimate of drug-likeness (QED) is 0.233. The summed E-state index contributed by atoms with van der Waals surface area (Å²) in [6.45, 7) is 9.40. The first-order valence-electron chi connectivity index (χ1n) is 19.0. The number of ether oxygens (including phenoxy) is 2. The Bertz CT molecular complexity index is 1830. The molecule has 5 fully saturated rings. The van der Waals surface area contributed by atoms with E-state index in [9.17, 15) is 39.0 Å². The zero-order valence-electron chi connectivity index (χ0n) is 32.3. The summed E-state index contributed by atoms with van der Waals surface area (Å²) in [4.78, 5) is 78.2. The Labute approximate surface area is 315 Å². The van der Waals surface area contributed by atoms with Gasteiger partial charge in [-0.3, -0.25) is 28.9 Å². The molecule has 294 valence electrons. The number of allylic oxidation sites excluding steroid dienone is 6. The highest BCUT2D eigenvalue weighted by molar-refractivity contribution is 6.25. The molecule has 3 heterocycles. The van der Waals surface area contributed by atoms with Crippen LogP contribution in [0.3, 0.4) is 0 Å². The number of Topliss-reactive ketones (excluding diaryl/α,β-unsaturated/α-hetero) is 4. The van der Waals surface area contributed by atoms with Gasteiger partial charge in [-0.1, -0.05) is 45.8 Å². The van der Waals surface area contributed by atoms with Gasteiger partial charge in [0.05, 0.1) is 23.4 Å². The Morgan fingerprint density at radius 3 is 2.37 bits per heavy atom. The van der Waals surface area contributed by atoms with Crippen molar-refractivity contribution in [2.75, 3.05) is 33.9 Å². The van der Waals surface area contributed by atoms with Gasteiger partial charge >= 0.3 is 6.09 Å². The van der Waals surface area contributed by atoms with Gasteiger partial charge in [0, 0.05) is 54.0 Å². The molecule has 5 aliphatic carbocycles. The number of nitrogens with zero attached hydrogens (tertiary/aromatic N) is 2. The molecule has 0 radical (unpaired) electrons. The van der Waals surface area contributed by atoms with Gasteiger partial charge in [0.2, 0.25) is 11.6 Å². The number of fused-ring (bicyclic) bond motifs is 9. The molecule has 6 N–H and O–H groups in total. The van der Waals surface area contributed by atoms with Crippen LogP contribution in [0.25, 0.3) is 0 Å². The predicted molar refractivity (Wildman–Crippen MR) is 195 cm³/mol. The second-order valence-electron chi connectivity index (χ2n) is 16.6. The number of aliphatic hydroxyl groups is 2. The maximum Gasteiger partial charge on any atom is 0.404 e. The second-order valence-corrected chi connectivity index (χ2v) is 16.6. The summed E-state index contributed by atoms with van der Waals surface area (Å²) in [6, 6.07) is 0.211. The first kappa shape index (κ1) is 39.7. The molecule has 3 aliphatic heterocycles. The van der Waals surface area contributed by atoms with Crippen LogP contribution >= 0.6 is 0 Å². The van der Waals surface area contributed by atoms with E-state index >= 15 is 0 Å². The summed E-state index contributed by atoms with van der Waals surface area (Å²) in [5.41, 5.74) is 8.91.